The normalized spacial score (nSPS) is 10.7. The molecule has 4 rings (SSSR count). The van der Waals surface area contributed by atoms with Crippen LogP contribution in [-0.4, -0.2) is 20.0 Å². The standard InChI is InChI=1S/C22H18N4O4/c1-25-19-17(21(28)26(2)22(25)29)12-14(13-23-19)24-20(27)16-10-6-7-11-18(16)30-15-8-4-3-5-9-15/h3-13H,1-2H3,(H,24,27). The van der Waals surface area contributed by atoms with Crippen molar-refractivity contribution >= 4 is 22.6 Å². The molecule has 30 heavy (non-hydrogen) atoms. The van der Waals surface area contributed by atoms with Crippen molar-refractivity contribution in [1.29, 1.82) is 0 Å². The van der Waals surface area contributed by atoms with Crippen LogP contribution in [-0.2, 0) is 14.1 Å². The van der Waals surface area contributed by atoms with Crippen molar-refractivity contribution < 1.29 is 9.53 Å². The summed E-state index contributed by atoms with van der Waals surface area (Å²) in [7, 11) is 2.93. The number of rotatable bonds is 4. The molecule has 0 aliphatic heterocycles. The minimum absolute atomic E-state index is 0.228. The highest BCUT2D eigenvalue weighted by Gasteiger charge is 2.15. The molecule has 0 fully saturated rings. The van der Waals surface area contributed by atoms with Crippen LogP contribution in [0.4, 0.5) is 5.69 Å². The molecule has 1 N–H and O–H groups in total. The molecule has 0 aliphatic carbocycles. The Kier molecular flexibility index (Phi) is 4.89. The third kappa shape index (κ3) is 3.46. The average molecular weight is 402 g/mol. The van der Waals surface area contributed by atoms with E-state index in [0.717, 1.165) is 4.57 Å². The molecule has 150 valence electrons. The first kappa shape index (κ1) is 19.1. The molecule has 0 radical (unpaired) electrons. The van der Waals surface area contributed by atoms with Crippen molar-refractivity contribution in [1.82, 2.24) is 14.1 Å². The van der Waals surface area contributed by atoms with Crippen LogP contribution in [0.3, 0.4) is 0 Å². The third-order valence-corrected chi connectivity index (χ3v) is 4.65. The van der Waals surface area contributed by atoms with Gasteiger partial charge in [0.2, 0.25) is 0 Å². The van der Waals surface area contributed by atoms with E-state index in [9.17, 15) is 14.4 Å². The maximum Gasteiger partial charge on any atom is 0.332 e. The average Bonchev–Trinajstić information content (AvgIpc) is 2.77. The zero-order chi connectivity index (χ0) is 21.3. The number of hydrogen-bond acceptors (Lipinski definition) is 5. The highest BCUT2D eigenvalue weighted by atomic mass is 16.5. The third-order valence-electron chi connectivity index (χ3n) is 4.65. The van der Waals surface area contributed by atoms with Gasteiger partial charge in [-0.2, -0.15) is 0 Å². The first-order chi connectivity index (χ1) is 14.5. The molecule has 2 aromatic carbocycles. The summed E-state index contributed by atoms with van der Waals surface area (Å²) in [5.41, 5.74) is -0.0465. The first-order valence-corrected chi connectivity index (χ1v) is 9.15. The van der Waals surface area contributed by atoms with Gasteiger partial charge in [0.05, 0.1) is 22.8 Å². The van der Waals surface area contributed by atoms with Crippen LogP contribution in [0.5, 0.6) is 11.5 Å². The zero-order valence-electron chi connectivity index (χ0n) is 16.3. The summed E-state index contributed by atoms with van der Waals surface area (Å²) < 4.78 is 8.12. The number of nitrogens with zero attached hydrogens (tertiary/aromatic N) is 3. The van der Waals surface area contributed by atoms with E-state index in [-0.39, 0.29) is 11.0 Å². The Morgan fingerprint density at radius 2 is 1.67 bits per heavy atom. The monoisotopic (exact) mass is 402 g/mol. The number of fused-ring (bicyclic) bond motifs is 1. The van der Waals surface area contributed by atoms with E-state index < -0.39 is 17.2 Å². The van der Waals surface area contributed by atoms with E-state index in [2.05, 4.69) is 10.3 Å². The van der Waals surface area contributed by atoms with Crippen molar-refractivity contribution in [3.63, 3.8) is 0 Å². The summed E-state index contributed by atoms with van der Waals surface area (Å²) in [6, 6.07) is 17.5. The Hall–Kier alpha value is -4.20. The molecular weight excluding hydrogens is 384 g/mol. The van der Waals surface area contributed by atoms with Crippen LogP contribution in [0, 0.1) is 0 Å². The molecule has 0 aliphatic rings. The highest BCUT2D eigenvalue weighted by molar-refractivity contribution is 6.06. The largest absolute Gasteiger partial charge is 0.457 e. The summed E-state index contributed by atoms with van der Waals surface area (Å²) in [5, 5.41) is 2.97. The van der Waals surface area contributed by atoms with Crippen LogP contribution in [0.2, 0.25) is 0 Å². The molecule has 0 spiro atoms. The second-order valence-corrected chi connectivity index (χ2v) is 6.67. The number of amides is 1. The topological polar surface area (TPSA) is 95.2 Å². The number of benzene rings is 2. The predicted octanol–water partition coefficient (Wildman–Crippen LogP) is 2.68. The van der Waals surface area contributed by atoms with E-state index in [4.69, 9.17) is 4.74 Å². The van der Waals surface area contributed by atoms with Crippen LogP contribution in [0.1, 0.15) is 10.4 Å². The predicted molar refractivity (Wildman–Crippen MR) is 113 cm³/mol. The van der Waals surface area contributed by atoms with Crippen molar-refractivity contribution in [3.8, 4) is 11.5 Å². The van der Waals surface area contributed by atoms with Crippen LogP contribution in [0.15, 0.2) is 76.4 Å². The number of anilines is 1. The number of hydrogen-bond donors (Lipinski definition) is 1. The lowest BCUT2D eigenvalue weighted by molar-refractivity contribution is 0.102. The minimum Gasteiger partial charge on any atom is -0.457 e. The van der Waals surface area contributed by atoms with E-state index in [1.54, 1.807) is 36.4 Å². The summed E-state index contributed by atoms with van der Waals surface area (Å²) in [6.45, 7) is 0. The molecule has 0 bridgehead atoms. The second-order valence-electron chi connectivity index (χ2n) is 6.67. The summed E-state index contributed by atoms with van der Waals surface area (Å²) in [5.74, 6) is 0.590. The van der Waals surface area contributed by atoms with Crippen LogP contribution in [0.25, 0.3) is 11.0 Å². The van der Waals surface area contributed by atoms with Gasteiger partial charge in [-0.1, -0.05) is 30.3 Å². The lowest BCUT2D eigenvalue weighted by Gasteiger charge is -2.12. The summed E-state index contributed by atoms with van der Waals surface area (Å²) in [6.07, 6.45) is 1.40. The smallest absolute Gasteiger partial charge is 0.332 e. The molecule has 0 saturated carbocycles. The fourth-order valence-corrected chi connectivity index (χ4v) is 3.09. The SMILES string of the molecule is Cn1c(=O)c2cc(NC(=O)c3ccccc3Oc3ccccc3)cnc2n(C)c1=O. The number of carbonyl (C=O) groups excluding carboxylic acids is 1. The minimum atomic E-state index is -0.482. The first-order valence-electron chi connectivity index (χ1n) is 9.15. The number of aryl methyl sites for hydroxylation is 1. The molecule has 1 amide bonds. The van der Waals surface area contributed by atoms with Gasteiger partial charge >= 0.3 is 5.69 Å². The van der Waals surface area contributed by atoms with Crippen molar-refractivity contribution in [2.75, 3.05) is 5.32 Å². The number of ether oxygens (including phenoxy) is 1. The molecule has 8 nitrogen and oxygen atoms in total. The number of pyridine rings is 1. The summed E-state index contributed by atoms with van der Waals surface area (Å²) in [4.78, 5) is 41.5. The van der Waals surface area contributed by atoms with Crippen molar-refractivity contribution in [2.45, 2.75) is 0 Å². The second kappa shape index (κ2) is 7.67. The molecule has 0 unspecified atom stereocenters. The zero-order valence-corrected chi connectivity index (χ0v) is 16.3. The van der Waals surface area contributed by atoms with Gasteiger partial charge in [-0.25, -0.2) is 9.78 Å². The van der Waals surface area contributed by atoms with E-state index in [1.807, 2.05) is 18.2 Å². The molecule has 2 heterocycles. The van der Waals surface area contributed by atoms with Gasteiger partial charge in [-0.3, -0.25) is 18.7 Å². The van der Waals surface area contributed by atoms with Gasteiger partial charge in [0.1, 0.15) is 17.1 Å². The Labute approximate surface area is 171 Å². The fourth-order valence-electron chi connectivity index (χ4n) is 3.09. The lowest BCUT2D eigenvalue weighted by Crippen LogP contribution is -2.37. The highest BCUT2D eigenvalue weighted by Crippen LogP contribution is 2.26. The fraction of sp³-hybridized carbons (Fsp3) is 0.0909. The number of aromatic nitrogens is 3. The number of carbonyl (C=O) groups is 1. The quantitative estimate of drug-likeness (QED) is 0.566. The molecular formula is C22H18N4O4. The maximum atomic E-state index is 12.9. The van der Waals surface area contributed by atoms with Gasteiger partial charge in [0.25, 0.3) is 11.5 Å². The van der Waals surface area contributed by atoms with Crippen LogP contribution < -0.4 is 21.3 Å². The summed E-state index contributed by atoms with van der Waals surface area (Å²) >= 11 is 0. The molecule has 8 heteroatoms. The molecule has 4 aromatic rings. The van der Waals surface area contributed by atoms with Gasteiger partial charge in [-0.15, -0.1) is 0 Å². The van der Waals surface area contributed by atoms with Crippen molar-refractivity contribution in [3.05, 3.63) is 93.3 Å². The van der Waals surface area contributed by atoms with Gasteiger partial charge < -0.3 is 10.1 Å². The Morgan fingerprint density at radius 3 is 2.43 bits per heavy atom. The molecule has 0 saturated heterocycles. The van der Waals surface area contributed by atoms with E-state index >= 15 is 0 Å². The van der Waals surface area contributed by atoms with Crippen molar-refractivity contribution in [2.24, 2.45) is 14.1 Å². The van der Waals surface area contributed by atoms with Gasteiger partial charge in [0.15, 0.2) is 0 Å². The van der Waals surface area contributed by atoms with Crippen LogP contribution >= 0.6 is 0 Å². The Morgan fingerprint density at radius 1 is 0.967 bits per heavy atom. The maximum absolute atomic E-state index is 12.9. The van der Waals surface area contributed by atoms with Gasteiger partial charge in [-0.05, 0) is 30.3 Å². The lowest BCUT2D eigenvalue weighted by atomic mass is 10.2. The number of para-hydroxylation sites is 2. The molecule has 2 aromatic heterocycles. The number of nitrogens with one attached hydrogen (secondary N) is 1. The van der Waals surface area contributed by atoms with Gasteiger partial charge in [0, 0.05) is 14.1 Å². The molecule has 0 atom stereocenters. The van der Waals surface area contributed by atoms with E-state index in [1.165, 1.54) is 30.9 Å². The Balaban J connectivity index is 1.67. The Bertz CT molecular complexity index is 1370. The van der Waals surface area contributed by atoms with E-state index in [0.29, 0.717) is 22.7 Å².